The molecule has 2 nitrogen and oxygen atoms in total. The molecule has 0 fully saturated rings. The van der Waals surface area contributed by atoms with Gasteiger partial charge in [0.25, 0.3) is 14.4 Å². The van der Waals surface area contributed by atoms with Crippen LogP contribution < -0.4 is 9.16 Å². The van der Waals surface area contributed by atoms with Gasteiger partial charge in [-0.2, -0.15) is 8.78 Å². The Morgan fingerprint density at radius 2 is 1.75 bits per heavy atom. The minimum absolute atomic E-state index is 0.129. The maximum Gasteiger partial charge on any atom is 0.266 e. The highest BCUT2D eigenvalue weighted by Gasteiger charge is 2.41. The Morgan fingerprint density at radius 1 is 1.14 bits per heavy atom. The minimum atomic E-state index is -1.95. The van der Waals surface area contributed by atoms with Gasteiger partial charge in [0.2, 0.25) is 0 Å². The van der Waals surface area contributed by atoms with E-state index in [9.17, 15) is 8.78 Å². The Morgan fingerprint density at radius 3 is 2.29 bits per heavy atom. The van der Waals surface area contributed by atoms with Gasteiger partial charge in [-0.15, -0.1) is 0 Å². The fourth-order valence-electron chi connectivity index (χ4n) is 3.51. The molecule has 1 heterocycles. The predicted molar refractivity (Wildman–Crippen MR) is 115 cm³/mol. The molecule has 0 unspecified atom stereocenters. The van der Waals surface area contributed by atoms with Crippen LogP contribution in [0.3, 0.4) is 0 Å². The van der Waals surface area contributed by atoms with Crippen LogP contribution in [0.2, 0.25) is 18.1 Å². The van der Waals surface area contributed by atoms with E-state index in [1.807, 2.05) is 6.92 Å². The number of hydrogen-bond donors (Lipinski definition) is 0. The van der Waals surface area contributed by atoms with E-state index in [-0.39, 0.29) is 5.04 Å². The Hall–Kier alpha value is -1.36. The lowest BCUT2D eigenvalue weighted by molar-refractivity contribution is 0.0557. The molecule has 0 spiro atoms. The lowest BCUT2D eigenvalue weighted by Gasteiger charge is -2.41. The van der Waals surface area contributed by atoms with Gasteiger partial charge in [0.05, 0.1) is 0 Å². The molecular formula is C23H36F2O2Si. The second-order valence-electron chi connectivity index (χ2n) is 9.96. The van der Waals surface area contributed by atoms with E-state index in [1.54, 1.807) is 0 Å². The Kier molecular flexibility index (Phi) is 6.39. The number of halogens is 2. The molecule has 0 radical (unpaired) electrons. The summed E-state index contributed by atoms with van der Waals surface area (Å²) in [4.78, 5) is 0. The Labute approximate surface area is 170 Å². The molecule has 0 saturated heterocycles. The van der Waals surface area contributed by atoms with Crippen LogP contribution >= 0.6 is 0 Å². The van der Waals surface area contributed by atoms with Crippen LogP contribution in [0.25, 0.3) is 0 Å². The zero-order chi connectivity index (χ0) is 21.5. The zero-order valence-corrected chi connectivity index (χ0v) is 20.0. The first-order valence-corrected chi connectivity index (χ1v) is 13.1. The summed E-state index contributed by atoms with van der Waals surface area (Å²) in [5.74, 6) is 1.94. The van der Waals surface area contributed by atoms with Crippen molar-refractivity contribution in [2.24, 2.45) is 0 Å². The summed E-state index contributed by atoms with van der Waals surface area (Å²) < 4.78 is 37.9. The van der Waals surface area contributed by atoms with Gasteiger partial charge in [0.15, 0.2) is 0 Å². The summed E-state index contributed by atoms with van der Waals surface area (Å²) in [5.41, 5.74) is 4.19. The third kappa shape index (κ3) is 4.61. The molecule has 158 valence electrons. The lowest BCUT2D eigenvalue weighted by atomic mass is 9.85. The molecule has 0 amide bonds. The number of benzene rings is 1. The third-order valence-corrected chi connectivity index (χ3v) is 11.0. The highest BCUT2D eigenvalue weighted by atomic mass is 28.4. The first kappa shape index (κ1) is 22.9. The fraction of sp³-hybridized carbons (Fsp3) is 0.652. The van der Waals surface area contributed by atoms with Gasteiger partial charge in [-0.05, 0) is 94.3 Å². The van der Waals surface area contributed by atoms with Crippen molar-refractivity contribution in [1.29, 1.82) is 0 Å². The highest BCUT2D eigenvalue weighted by Crippen LogP contribution is 2.47. The molecule has 1 aliphatic rings. The molecule has 0 N–H and O–H groups in total. The summed E-state index contributed by atoms with van der Waals surface area (Å²) >= 11 is 0. The number of rotatable bonds is 5. The SMILES string of the molecule is Cc1c(C)c2c(c(C)c1O[Si](C)(C)C(C)(C)C)CC[C@](C)(CCC=C(F)F)O2. The second kappa shape index (κ2) is 7.81. The number of hydrogen-bond acceptors (Lipinski definition) is 2. The first-order chi connectivity index (χ1) is 12.7. The Bertz CT molecular complexity index is 774. The van der Waals surface area contributed by atoms with E-state index in [0.29, 0.717) is 12.8 Å². The van der Waals surface area contributed by atoms with E-state index < -0.39 is 20.0 Å². The lowest BCUT2D eigenvalue weighted by Crippen LogP contribution is -2.44. The van der Waals surface area contributed by atoms with Gasteiger partial charge in [-0.3, -0.25) is 0 Å². The second-order valence-corrected chi connectivity index (χ2v) is 14.7. The molecule has 0 aromatic heterocycles. The zero-order valence-electron chi connectivity index (χ0n) is 19.0. The summed E-state index contributed by atoms with van der Waals surface area (Å²) in [6.45, 7) is 19.6. The van der Waals surface area contributed by atoms with Crippen molar-refractivity contribution in [2.45, 2.75) is 97.9 Å². The van der Waals surface area contributed by atoms with Crippen molar-refractivity contribution in [3.8, 4) is 11.5 Å². The van der Waals surface area contributed by atoms with Gasteiger partial charge >= 0.3 is 0 Å². The Balaban J connectivity index is 2.39. The van der Waals surface area contributed by atoms with Crippen molar-refractivity contribution >= 4 is 8.32 Å². The molecule has 0 saturated carbocycles. The third-order valence-electron chi connectivity index (χ3n) is 6.70. The first-order valence-electron chi connectivity index (χ1n) is 10.2. The van der Waals surface area contributed by atoms with Crippen molar-refractivity contribution in [1.82, 2.24) is 0 Å². The number of fused-ring (bicyclic) bond motifs is 1. The van der Waals surface area contributed by atoms with Gasteiger partial charge in [0.1, 0.15) is 17.1 Å². The van der Waals surface area contributed by atoms with Gasteiger partial charge in [-0.25, -0.2) is 0 Å². The molecule has 28 heavy (non-hydrogen) atoms. The van der Waals surface area contributed by atoms with Crippen molar-refractivity contribution in [3.63, 3.8) is 0 Å². The topological polar surface area (TPSA) is 18.5 Å². The molecule has 5 heteroatoms. The fourth-order valence-corrected chi connectivity index (χ4v) is 4.63. The maximum absolute atomic E-state index is 12.4. The standard InChI is InChI=1S/C23H36F2O2Si/c1-15-16(2)21-18(12-14-23(7,26-21)13-10-11-19(24)25)17(3)20(15)27-28(8,9)22(4,5)6/h11H,10,12-14H2,1-9H3/t23-/m0/s1. The van der Waals surface area contributed by atoms with E-state index in [2.05, 4.69) is 54.6 Å². The largest absolute Gasteiger partial charge is 0.543 e. The summed E-state index contributed by atoms with van der Waals surface area (Å²) in [6.07, 6.45) is 2.00. The summed E-state index contributed by atoms with van der Waals surface area (Å²) in [7, 11) is -1.95. The van der Waals surface area contributed by atoms with E-state index >= 15 is 0 Å². The van der Waals surface area contributed by atoms with Crippen LogP contribution in [0.1, 0.15) is 69.2 Å². The molecule has 1 atom stereocenters. The number of ether oxygens (including phenoxy) is 1. The van der Waals surface area contributed by atoms with E-state index in [0.717, 1.165) is 41.5 Å². The molecule has 1 aliphatic heterocycles. The quantitative estimate of drug-likeness (QED) is 0.464. The van der Waals surface area contributed by atoms with Crippen LogP contribution in [0.5, 0.6) is 11.5 Å². The molecule has 1 aromatic rings. The van der Waals surface area contributed by atoms with Crippen molar-refractivity contribution < 1.29 is 17.9 Å². The average Bonchev–Trinajstić information content (AvgIpc) is 2.55. The summed E-state index contributed by atoms with van der Waals surface area (Å²) in [5, 5.41) is 0.129. The van der Waals surface area contributed by atoms with Crippen LogP contribution in [0, 0.1) is 20.8 Å². The summed E-state index contributed by atoms with van der Waals surface area (Å²) in [6, 6.07) is 0. The average molecular weight is 411 g/mol. The molecule has 0 bridgehead atoms. The van der Waals surface area contributed by atoms with Crippen LogP contribution in [-0.2, 0) is 6.42 Å². The smallest absolute Gasteiger partial charge is 0.266 e. The van der Waals surface area contributed by atoms with Gasteiger partial charge in [0, 0.05) is 5.56 Å². The molecule has 1 aromatic carbocycles. The van der Waals surface area contributed by atoms with Crippen molar-refractivity contribution in [3.05, 3.63) is 34.4 Å². The molecule has 0 aliphatic carbocycles. The van der Waals surface area contributed by atoms with Gasteiger partial charge < -0.3 is 9.16 Å². The monoisotopic (exact) mass is 410 g/mol. The van der Waals surface area contributed by atoms with E-state index in [4.69, 9.17) is 9.16 Å². The number of allylic oxidation sites excluding steroid dienone is 1. The molecule has 2 rings (SSSR count). The molecular weight excluding hydrogens is 374 g/mol. The predicted octanol–water partition coefficient (Wildman–Crippen LogP) is 7.64. The highest BCUT2D eigenvalue weighted by molar-refractivity contribution is 6.74. The van der Waals surface area contributed by atoms with Crippen LogP contribution in [0.15, 0.2) is 12.2 Å². The normalized spacial score (nSPS) is 19.7. The van der Waals surface area contributed by atoms with Crippen LogP contribution in [-0.4, -0.2) is 13.9 Å². The van der Waals surface area contributed by atoms with E-state index in [1.165, 1.54) is 11.1 Å². The van der Waals surface area contributed by atoms with Crippen LogP contribution in [0.4, 0.5) is 8.78 Å². The van der Waals surface area contributed by atoms with Crippen molar-refractivity contribution in [2.75, 3.05) is 0 Å². The minimum Gasteiger partial charge on any atom is -0.543 e. The van der Waals surface area contributed by atoms with Gasteiger partial charge in [-0.1, -0.05) is 20.8 Å². The maximum atomic E-state index is 12.4.